The molecule has 122 valence electrons. The molecule has 4 nitrogen and oxygen atoms in total. The normalized spacial score (nSPS) is 10.6. The first-order valence-electron chi connectivity index (χ1n) is 7.81. The number of carbonyl (C=O) groups is 1. The van der Waals surface area contributed by atoms with E-state index in [0.29, 0.717) is 22.9 Å². The minimum Gasteiger partial charge on any atom is -0.455 e. The Morgan fingerprint density at radius 2 is 1.79 bits per heavy atom. The summed E-state index contributed by atoms with van der Waals surface area (Å²) >= 11 is 0. The molecule has 3 rings (SSSR count). The molecular formula is C20H19NO3. The Hall–Kier alpha value is -2.88. The van der Waals surface area contributed by atoms with Crippen LogP contribution in [0.1, 0.15) is 32.9 Å². The number of rotatable bonds is 4. The third-order valence-electron chi connectivity index (χ3n) is 4.08. The van der Waals surface area contributed by atoms with Crippen molar-refractivity contribution in [3.05, 3.63) is 76.7 Å². The third-order valence-corrected chi connectivity index (χ3v) is 4.08. The van der Waals surface area contributed by atoms with E-state index in [4.69, 9.17) is 9.15 Å². The summed E-state index contributed by atoms with van der Waals surface area (Å²) in [4.78, 5) is 16.7. The molecular weight excluding hydrogens is 302 g/mol. The van der Waals surface area contributed by atoms with Crippen LogP contribution in [0.5, 0.6) is 0 Å². The lowest BCUT2D eigenvalue weighted by molar-refractivity contribution is 0.0466. The molecule has 0 saturated heterocycles. The highest BCUT2D eigenvalue weighted by atomic mass is 16.5. The van der Waals surface area contributed by atoms with E-state index in [0.717, 1.165) is 16.7 Å². The first kappa shape index (κ1) is 16.0. The van der Waals surface area contributed by atoms with E-state index in [1.54, 1.807) is 6.07 Å². The predicted molar refractivity (Wildman–Crippen MR) is 91.7 cm³/mol. The Labute approximate surface area is 141 Å². The van der Waals surface area contributed by atoms with Crippen LogP contribution in [0.3, 0.4) is 0 Å². The highest BCUT2D eigenvalue weighted by Gasteiger charge is 2.15. The van der Waals surface area contributed by atoms with Gasteiger partial charge < -0.3 is 9.15 Å². The first-order valence-corrected chi connectivity index (χ1v) is 7.81. The Morgan fingerprint density at radius 3 is 2.54 bits per heavy atom. The lowest BCUT2D eigenvalue weighted by Gasteiger charge is -2.08. The van der Waals surface area contributed by atoms with Gasteiger partial charge in [0.25, 0.3) is 0 Å². The van der Waals surface area contributed by atoms with Crippen molar-refractivity contribution in [2.45, 2.75) is 27.4 Å². The maximum atomic E-state index is 12.3. The van der Waals surface area contributed by atoms with Gasteiger partial charge in [0.05, 0.1) is 5.56 Å². The number of hydrogen-bond donors (Lipinski definition) is 0. The number of aryl methyl sites for hydroxylation is 2. The molecule has 0 aliphatic rings. The van der Waals surface area contributed by atoms with Crippen LogP contribution in [0.15, 0.2) is 52.9 Å². The molecule has 0 spiro atoms. The molecule has 0 fully saturated rings. The molecule has 0 unspecified atom stereocenters. The summed E-state index contributed by atoms with van der Waals surface area (Å²) in [6, 6.07) is 15.2. The molecule has 0 saturated carbocycles. The van der Waals surface area contributed by atoms with Crippen LogP contribution >= 0.6 is 0 Å². The number of ether oxygens (including phenoxy) is 1. The minimum absolute atomic E-state index is 0.0916. The monoisotopic (exact) mass is 321 g/mol. The van der Waals surface area contributed by atoms with Crippen LogP contribution in [0.2, 0.25) is 0 Å². The van der Waals surface area contributed by atoms with Crippen LogP contribution in [0.25, 0.3) is 11.5 Å². The van der Waals surface area contributed by atoms with E-state index < -0.39 is 0 Å². The average molecular weight is 321 g/mol. The fourth-order valence-corrected chi connectivity index (χ4v) is 2.45. The van der Waals surface area contributed by atoms with Gasteiger partial charge in [-0.25, -0.2) is 9.78 Å². The van der Waals surface area contributed by atoms with E-state index in [-0.39, 0.29) is 12.6 Å². The summed E-state index contributed by atoms with van der Waals surface area (Å²) in [7, 11) is 0. The molecule has 1 heterocycles. The van der Waals surface area contributed by atoms with E-state index in [1.807, 2.05) is 63.2 Å². The quantitative estimate of drug-likeness (QED) is 0.658. The van der Waals surface area contributed by atoms with E-state index in [9.17, 15) is 4.79 Å². The second-order valence-corrected chi connectivity index (χ2v) is 5.71. The largest absolute Gasteiger partial charge is 0.455 e. The summed E-state index contributed by atoms with van der Waals surface area (Å²) in [5, 5.41) is 0. The van der Waals surface area contributed by atoms with Crippen molar-refractivity contribution < 1.29 is 13.9 Å². The van der Waals surface area contributed by atoms with Gasteiger partial charge in [0.2, 0.25) is 5.89 Å². The maximum Gasteiger partial charge on any atom is 0.338 e. The predicted octanol–water partition coefficient (Wildman–Crippen LogP) is 4.62. The van der Waals surface area contributed by atoms with Crippen molar-refractivity contribution in [2.75, 3.05) is 0 Å². The van der Waals surface area contributed by atoms with E-state index in [1.165, 1.54) is 0 Å². The highest BCUT2D eigenvalue weighted by molar-refractivity contribution is 5.91. The van der Waals surface area contributed by atoms with Gasteiger partial charge in [-0.15, -0.1) is 0 Å². The SMILES string of the molecule is Cc1cccc(C(=O)OCc2nc(-c3ccccc3)oc2C)c1C. The Balaban J connectivity index is 1.74. The standard InChI is InChI=1S/C20H19NO3/c1-13-8-7-11-17(14(13)2)20(22)23-12-18-15(3)24-19(21-18)16-9-5-4-6-10-16/h4-11H,12H2,1-3H3. The van der Waals surface area contributed by atoms with E-state index in [2.05, 4.69) is 4.98 Å². The van der Waals surface area contributed by atoms with Gasteiger partial charge in [0.15, 0.2) is 0 Å². The molecule has 0 aliphatic carbocycles. The minimum atomic E-state index is -0.347. The topological polar surface area (TPSA) is 52.3 Å². The maximum absolute atomic E-state index is 12.3. The second kappa shape index (κ2) is 6.71. The van der Waals surface area contributed by atoms with Crippen LogP contribution in [0, 0.1) is 20.8 Å². The fraction of sp³-hybridized carbons (Fsp3) is 0.200. The van der Waals surface area contributed by atoms with Crippen LogP contribution in [0.4, 0.5) is 0 Å². The van der Waals surface area contributed by atoms with E-state index >= 15 is 0 Å². The van der Waals surface area contributed by atoms with Gasteiger partial charge in [-0.05, 0) is 50.1 Å². The fourth-order valence-electron chi connectivity index (χ4n) is 2.45. The Bertz CT molecular complexity index is 866. The molecule has 0 radical (unpaired) electrons. The zero-order valence-corrected chi connectivity index (χ0v) is 14.0. The number of aromatic nitrogens is 1. The lowest BCUT2D eigenvalue weighted by Crippen LogP contribution is -2.08. The van der Waals surface area contributed by atoms with Gasteiger partial charge >= 0.3 is 5.97 Å². The van der Waals surface area contributed by atoms with Crippen molar-refractivity contribution in [1.29, 1.82) is 0 Å². The molecule has 4 heteroatoms. The summed E-state index contributed by atoms with van der Waals surface area (Å²) < 4.78 is 11.1. The zero-order chi connectivity index (χ0) is 17.1. The second-order valence-electron chi connectivity index (χ2n) is 5.71. The van der Waals surface area contributed by atoms with Crippen molar-refractivity contribution in [2.24, 2.45) is 0 Å². The number of nitrogens with zero attached hydrogens (tertiary/aromatic N) is 1. The Kier molecular flexibility index (Phi) is 4.47. The molecule has 0 atom stereocenters. The number of oxazole rings is 1. The van der Waals surface area contributed by atoms with Gasteiger partial charge in [0.1, 0.15) is 18.1 Å². The molecule has 24 heavy (non-hydrogen) atoms. The number of hydrogen-bond acceptors (Lipinski definition) is 4. The van der Waals surface area contributed by atoms with Crippen molar-refractivity contribution in [3.8, 4) is 11.5 Å². The van der Waals surface area contributed by atoms with Crippen LogP contribution < -0.4 is 0 Å². The van der Waals surface area contributed by atoms with Gasteiger partial charge in [-0.3, -0.25) is 0 Å². The summed E-state index contributed by atoms with van der Waals surface area (Å²) in [5.41, 5.74) is 4.11. The third kappa shape index (κ3) is 3.23. The molecule has 2 aromatic carbocycles. The molecule has 3 aromatic rings. The van der Waals surface area contributed by atoms with Crippen molar-refractivity contribution in [3.63, 3.8) is 0 Å². The Morgan fingerprint density at radius 1 is 1.04 bits per heavy atom. The first-order chi connectivity index (χ1) is 11.6. The van der Waals surface area contributed by atoms with Gasteiger partial charge in [-0.2, -0.15) is 0 Å². The van der Waals surface area contributed by atoms with Crippen LogP contribution in [-0.4, -0.2) is 11.0 Å². The number of esters is 1. The smallest absolute Gasteiger partial charge is 0.338 e. The van der Waals surface area contributed by atoms with Crippen molar-refractivity contribution >= 4 is 5.97 Å². The molecule has 1 aromatic heterocycles. The summed E-state index contributed by atoms with van der Waals surface area (Å²) in [6.07, 6.45) is 0. The number of benzene rings is 2. The van der Waals surface area contributed by atoms with Crippen molar-refractivity contribution in [1.82, 2.24) is 4.98 Å². The summed E-state index contributed by atoms with van der Waals surface area (Å²) in [6.45, 7) is 5.80. The van der Waals surface area contributed by atoms with Gasteiger partial charge in [-0.1, -0.05) is 30.3 Å². The lowest BCUT2D eigenvalue weighted by atomic mass is 10.0. The van der Waals surface area contributed by atoms with Gasteiger partial charge in [0, 0.05) is 5.56 Å². The molecule has 0 amide bonds. The molecule has 0 bridgehead atoms. The summed E-state index contributed by atoms with van der Waals surface area (Å²) in [5.74, 6) is 0.841. The molecule has 0 N–H and O–H groups in total. The van der Waals surface area contributed by atoms with Crippen LogP contribution in [-0.2, 0) is 11.3 Å². The highest BCUT2D eigenvalue weighted by Crippen LogP contribution is 2.22. The number of carbonyl (C=O) groups excluding carboxylic acids is 1. The zero-order valence-electron chi connectivity index (χ0n) is 14.0. The molecule has 0 aliphatic heterocycles. The average Bonchev–Trinajstić information content (AvgIpc) is 2.97.